The normalized spacial score (nSPS) is 11.6. The lowest BCUT2D eigenvalue weighted by molar-refractivity contribution is -0.131. The first-order valence-corrected chi connectivity index (χ1v) is 11.2. The van der Waals surface area contributed by atoms with E-state index in [0.717, 1.165) is 16.5 Å². The van der Waals surface area contributed by atoms with E-state index >= 15 is 0 Å². The molecule has 3 N–H and O–H groups in total. The first-order chi connectivity index (χ1) is 15.9. The molecule has 1 unspecified atom stereocenters. The monoisotopic (exact) mass is 449 g/mol. The summed E-state index contributed by atoms with van der Waals surface area (Å²) in [5.74, 6) is -0.196. The Labute approximate surface area is 193 Å². The molecule has 0 aliphatic heterocycles. The number of nitrogens with one attached hydrogen (secondary N) is 3. The number of carbonyl (C=O) groups excluding carboxylic acids is 3. The van der Waals surface area contributed by atoms with Crippen molar-refractivity contribution in [3.8, 4) is 0 Å². The molecule has 2 aromatic carbocycles. The predicted molar refractivity (Wildman–Crippen MR) is 130 cm³/mol. The lowest BCUT2D eigenvalue weighted by atomic mass is 10.2. The second kappa shape index (κ2) is 11.2. The number of fused-ring (bicyclic) bond motifs is 1. The van der Waals surface area contributed by atoms with Crippen LogP contribution in [0.4, 0.5) is 10.5 Å². The van der Waals surface area contributed by atoms with Crippen molar-refractivity contribution in [3.05, 3.63) is 66.4 Å². The third-order valence-electron chi connectivity index (χ3n) is 5.50. The van der Waals surface area contributed by atoms with E-state index in [1.807, 2.05) is 73.1 Å². The number of aromatic nitrogens is 1. The molecule has 8 nitrogen and oxygen atoms in total. The second-order valence-electron chi connectivity index (χ2n) is 7.81. The smallest absolute Gasteiger partial charge is 0.319 e. The molecule has 0 radical (unpaired) electrons. The van der Waals surface area contributed by atoms with Crippen molar-refractivity contribution >= 4 is 34.4 Å². The van der Waals surface area contributed by atoms with E-state index in [0.29, 0.717) is 25.3 Å². The summed E-state index contributed by atoms with van der Waals surface area (Å²) in [5, 5.41) is 9.14. The molecule has 1 atom stereocenters. The van der Waals surface area contributed by atoms with Crippen LogP contribution in [0, 0.1) is 0 Å². The molecule has 1 heterocycles. The van der Waals surface area contributed by atoms with Crippen molar-refractivity contribution in [1.29, 1.82) is 0 Å². The van der Waals surface area contributed by atoms with E-state index in [1.54, 1.807) is 17.9 Å². The van der Waals surface area contributed by atoms with Gasteiger partial charge in [-0.15, -0.1) is 0 Å². The maximum Gasteiger partial charge on any atom is 0.319 e. The fourth-order valence-corrected chi connectivity index (χ4v) is 3.61. The Balaban J connectivity index is 1.55. The van der Waals surface area contributed by atoms with Crippen molar-refractivity contribution in [2.45, 2.75) is 39.9 Å². The van der Waals surface area contributed by atoms with E-state index in [-0.39, 0.29) is 18.4 Å². The Morgan fingerprint density at radius 1 is 1.00 bits per heavy atom. The van der Waals surface area contributed by atoms with Gasteiger partial charge in [-0.3, -0.25) is 9.59 Å². The van der Waals surface area contributed by atoms with Crippen LogP contribution in [0.5, 0.6) is 0 Å². The van der Waals surface area contributed by atoms with E-state index < -0.39 is 12.1 Å². The Kier molecular flexibility index (Phi) is 8.07. The highest BCUT2D eigenvalue weighted by molar-refractivity contribution is 5.95. The number of likely N-dealkylation sites (N-methyl/N-ethyl adjacent to an activating group) is 1. The first kappa shape index (κ1) is 23.8. The van der Waals surface area contributed by atoms with Gasteiger partial charge in [-0.1, -0.05) is 30.3 Å². The van der Waals surface area contributed by atoms with Crippen molar-refractivity contribution < 1.29 is 14.4 Å². The Morgan fingerprint density at radius 3 is 2.42 bits per heavy atom. The molecule has 0 aliphatic carbocycles. The third kappa shape index (κ3) is 6.35. The molecule has 8 heteroatoms. The summed E-state index contributed by atoms with van der Waals surface area (Å²) in [5.41, 5.74) is 2.50. The highest BCUT2D eigenvalue weighted by Gasteiger charge is 2.16. The van der Waals surface area contributed by atoms with E-state index in [2.05, 4.69) is 16.0 Å². The summed E-state index contributed by atoms with van der Waals surface area (Å²) >= 11 is 0. The Bertz CT molecular complexity index is 1110. The van der Waals surface area contributed by atoms with Crippen LogP contribution < -0.4 is 16.0 Å². The highest BCUT2D eigenvalue weighted by Crippen LogP contribution is 2.21. The molecule has 33 heavy (non-hydrogen) atoms. The molecule has 4 amide bonds. The number of hydrogen-bond donors (Lipinski definition) is 3. The van der Waals surface area contributed by atoms with Gasteiger partial charge in [-0.2, -0.15) is 0 Å². The van der Waals surface area contributed by atoms with Gasteiger partial charge in [0.05, 0.1) is 0 Å². The number of carbonyl (C=O) groups is 3. The molecule has 0 fully saturated rings. The largest absolute Gasteiger partial charge is 0.350 e. The van der Waals surface area contributed by atoms with Crippen LogP contribution in [0.3, 0.4) is 0 Å². The van der Waals surface area contributed by atoms with Gasteiger partial charge in [-0.25, -0.2) is 4.79 Å². The van der Waals surface area contributed by atoms with Gasteiger partial charge in [0.1, 0.15) is 12.6 Å². The van der Waals surface area contributed by atoms with Crippen LogP contribution in [-0.4, -0.2) is 46.4 Å². The van der Waals surface area contributed by atoms with Gasteiger partial charge in [0.15, 0.2) is 0 Å². The van der Waals surface area contributed by atoms with Crippen molar-refractivity contribution in [2.75, 3.05) is 18.4 Å². The topological polar surface area (TPSA) is 95.5 Å². The summed E-state index contributed by atoms with van der Waals surface area (Å²) in [4.78, 5) is 38.9. The lowest BCUT2D eigenvalue weighted by Crippen LogP contribution is -2.46. The summed E-state index contributed by atoms with van der Waals surface area (Å²) in [6.07, 6.45) is 1.87. The fraction of sp³-hybridized carbons (Fsp3) is 0.320. The zero-order chi connectivity index (χ0) is 23.8. The number of urea groups is 1. The quantitative estimate of drug-likeness (QED) is 0.468. The molecular weight excluding hydrogens is 418 g/mol. The molecular formula is C25H31N5O3. The third-order valence-corrected chi connectivity index (χ3v) is 5.50. The Morgan fingerprint density at radius 2 is 1.73 bits per heavy atom. The summed E-state index contributed by atoms with van der Waals surface area (Å²) in [7, 11) is 0. The van der Waals surface area contributed by atoms with E-state index in [1.165, 1.54) is 0 Å². The summed E-state index contributed by atoms with van der Waals surface area (Å²) < 4.78 is 1.90. The number of rotatable bonds is 9. The minimum Gasteiger partial charge on any atom is -0.350 e. The van der Waals surface area contributed by atoms with Crippen LogP contribution in [0.1, 0.15) is 26.3 Å². The predicted octanol–water partition coefficient (Wildman–Crippen LogP) is 3.34. The maximum absolute atomic E-state index is 12.4. The number of nitrogens with zero attached hydrogens (tertiary/aromatic N) is 2. The van der Waals surface area contributed by atoms with Crippen molar-refractivity contribution in [1.82, 2.24) is 20.1 Å². The maximum atomic E-state index is 12.4. The Hall–Kier alpha value is -3.81. The zero-order valence-corrected chi connectivity index (χ0v) is 19.3. The summed E-state index contributed by atoms with van der Waals surface area (Å²) in [6.45, 7) is 7.60. The summed E-state index contributed by atoms with van der Waals surface area (Å²) in [6, 6.07) is 15.8. The number of amides is 4. The fourth-order valence-electron chi connectivity index (χ4n) is 3.61. The molecule has 174 valence electrons. The molecule has 0 saturated carbocycles. The molecule has 0 bridgehead atoms. The minimum atomic E-state index is -0.690. The highest BCUT2D eigenvalue weighted by atomic mass is 16.2. The van der Waals surface area contributed by atoms with Crippen molar-refractivity contribution in [2.24, 2.45) is 0 Å². The molecule has 3 aromatic rings. The second-order valence-corrected chi connectivity index (χ2v) is 7.81. The standard InChI is InChI=1S/C25H31N5O3/c1-4-29(5-2)23(31)17-30-14-13-20-15-21(11-12-22(20)30)28-25(33)27-18(3)24(32)26-16-19-9-7-6-8-10-19/h6-15,18H,4-5,16-17H2,1-3H3,(H,26,32)(H2,27,28,33). The zero-order valence-electron chi connectivity index (χ0n) is 19.3. The van der Waals surface area contributed by atoms with Gasteiger partial charge in [-0.05, 0) is 50.6 Å². The van der Waals surface area contributed by atoms with Crippen molar-refractivity contribution in [3.63, 3.8) is 0 Å². The van der Waals surface area contributed by atoms with Crippen LogP contribution >= 0.6 is 0 Å². The molecule has 3 rings (SSSR count). The minimum absolute atomic E-state index is 0.0682. The number of anilines is 1. The average Bonchev–Trinajstić information content (AvgIpc) is 3.20. The van der Waals surface area contributed by atoms with Crippen LogP contribution in [0.15, 0.2) is 60.8 Å². The molecule has 1 aromatic heterocycles. The van der Waals surface area contributed by atoms with E-state index in [9.17, 15) is 14.4 Å². The van der Waals surface area contributed by atoms with Gasteiger partial charge < -0.3 is 25.4 Å². The molecule has 0 saturated heterocycles. The average molecular weight is 450 g/mol. The van der Waals surface area contributed by atoms with Gasteiger partial charge in [0.2, 0.25) is 11.8 Å². The molecule has 0 aliphatic rings. The number of benzene rings is 2. The van der Waals surface area contributed by atoms with Gasteiger partial charge >= 0.3 is 6.03 Å². The first-order valence-electron chi connectivity index (χ1n) is 11.2. The SMILES string of the molecule is CCN(CC)C(=O)Cn1ccc2cc(NC(=O)NC(C)C(=O)NCc3ccccc3)ccc21. The van der Waals surface area contributed by atoms with E-state index in [4.69, 9.17) is 0 Å². The lowest BCUT2D eigenvalue weighted by Gasteiger charge is -2.19. The number of hydrogen-bond acceptors (Lipinski definition) is 3. The van der Waals surface area contributed by atoms with Gasteiger partial charge in [0, 0.05) is 42.4 Å². The van der Waals surface area contributed by atoms with Gasteiger partial charge in [0.25, 0.3) is 0 Å². The van der Waals surface area contributed by atoms with Crippen LogP contribution in [-0.2, 0) is 22.7 Å². The van der Waals surface area contributed by atoms with Crippen LogP contribution in [0.25, 0.3) is 10.9 Å². The van der Waals surface area contributed by atoms with Crippen LogP contribution in [0.2, 0.25) is 0 Å². The molecule has 0 spiro atoms.